The molecule has 186 valence electrons. The molecule has 0 aliphatic carbocycles. The number of fused-ring (bicyclic) bond motifs is 1. The third-order valence-electron chi connectivity index (χ3n) is 6.04. The van der Waals surface area contributed by atoms with E-state index in [0.29, 0.717) is 31.6 Å². The van der Waals surface area contributed by atoms with Crippen molar-refractivity contribution >= 4 is 17.6 Å². The van der Waals surface area contributed by atoms with Gasteiger partial charge in [-0.05, 0) is 37.6 Å². The van der Waals surface area contributed by atoms with E-state index in [1.807, 2.05) is 13.8 Å². The van der Waals surface area contributed by atoms with Crippen molar-refractivity contribution in [3.8, 4) is 0 Å². The van der Waals surface area contributed by atoms with Crippen molar-refractivity contribution in [1.29, 1.82) is 0 Å². The molecular formula is C23H33FN6O4. The summed E-state index contributed by atoms with van der Waals surface area (Å²) in [4.78, 5) is 28.8. The van der Waals surface area contributed by atoms with E-state index in [1.165, 1.54) is 29.2 Å². The van der Waals surface area contributed by atoms with Crippen LogP contribution in [0.1, 0.15) is 32.4 Å². The fourth-order valence-corrected chi connectivity index (χ4v) is 3.85. The molecule has 2 N–H and O–H groups in total. The number of amides is 3. The van der Waals surface area contributed by atoms with Crippen LogP contribution in [0.3, 0.4) is 0 Å². The van der Waals surface area contributed by atoms with Crippen LogP contribution in [0.5, 0.6) is 0 Å². The van der Waals surface area contributed by atoms with Crippen molar-refractivity contribution in [1.82, 2.24) is 24.8 Å². The molecule has 2 heterocycles. The third-order valence-corrected chi connectivity index (χ3v) is 6.04. The number of carbonyl (C=O) groups excluding carboxylic acids is 2. The van der Waals surface area contributed by atoms with Crippen molar-refractivity contribution in [2.45, 2.75) is 52.0 Å². The van der Waals surface area contributed by atoms with E-state index >= 15 is 0 Å². The van der Waals surface area contributed by atoms with Gasteiger partial charge in [-0.2, -0.15) is 0 Å². The number of nitrogens with one attached hydrogen (secondary N) is 1. The van der Waals surface area contributed by atoms with E-state index in [9.17, 15) is 19.1 Å². The van der Waals surface area contributed by atoms with Gasteiger partial charge in [-0.25, -0.2) is 13.9 Å². The van der Waals surface area contributed by atoms with Gasteiger partial charge in [-0.15, -0.1) is 5.10 Å². The van der Waals surface area contributed by atoms with E-state index in [1.54, 1.807) is 22.8 Å². The van der Waals surface area contributed by atoms with Gasteiger partial charge in [0, 0.05) is 44.7 Å². The number of likely N-dealkylation sites (N-methyl/N-ethyl adjacent to an activating group) is 1. The Hall–Kier alpha value is -3.05. The van der Waals surface area contributed by atoms with Gasteiger partial charge in [0.1, 0.15) is 5.82 Å². The highest BCUT2D eigenvalue weighted by molar-refractivity contribution is 5.89. The van der Waals surface area contributed by atoms with Crippen LogP contribution >= 0.6 is 0 Å². The molecule has 34 heavy (non-hydrogen) atoms. The molecule has 0 bridgehead atoms. The maximum absolute atomic E-state index is 13.2. The van der Waals surface area contributed by atoms with Gasteiger partial charge < -0.3 is 25.0 Å². The molecular weight excluding hydrogens is 443 g/mol. The summed E-state index contributed by atoms with van der Waals surface area (Å²) in [5.41, 5.74) is 1.28. The largest absolute Gasteiger partial charge is 0.394 e. The maximum atomic E-state index is 13.2. The number of hydrogen-bond acceptors (Lipinski definition) is 6. The smallest absolute Gasteiger partial charge is 0.321 e. The molecule has 0 radical (unpaired) electrons. The molecule has 3 rings (SSSR count). The van der Waals surface area contributed by atoms with Crippen molar-refractivity contribution in [3.05, 3.63) is 42.0 Å². The number of anilines is 1. The van der Waals surface area contributed by atoms with E-state index in [2.05, 4.69) is 15.6 Å². The summed E-state index contributed by atoms with van der Waals surface area (Å²) in [6.45, 7) is 5.07. The second-order valence-corrected chi connectivity index (χ2v) is 8.77. The highest BCUT2D eigenvalue weighted by Gasteiger charge is 2.29. The lowest BCUT2D eigenvalue weighted by molar-refractivity contribution is -0.136. The van der Waals surface area contributed by atoms with Crippen LogP contribution in [0.4, 0.5) is 14.9 Å². The van der Waals surface area contributed by atoms with Crippen molar-refractivity contribution in [3.63, 3.8) is 0 Å². The molecule has 1 aliphatic heterocycles. The lowest BCUT2D eigenvalue weighted by atomic mass is 10.0. The highest BCUT2D eigenvalue weighted by Crippen LogP contribution is 2.19. The van der Waals surface area contributed by atoms with Crippen LogP contribution in [0.25, 0.3) is 0 Å². The number of carbonyl (C=O) groups is 2. The number of halogens is 1. The number of hydrogen-bond donors (Lipinski definition) is 2. The fraction of sp³-hybridized carbons (Fsp3) is 0.565. The zero-order chi connectivity index (χ0) is 24.7. The highest BCUT2D eigenvalue weighted by atomic mass is 19.1. The summed E-state index contributed by atoms with van der Waals surface area (Å²) >= 11 is 0. The molecule has 0 saturated heterocycles. The Morgan fingerprint density at radius 1 is 1.38 bits per heavy atom. The first kappa shape index (κ1) is 25.6. The predicted molar refractivity (Wildman–Crippen MR) is 123 cm³/mol. The monoisotopic (exact) mass is 476 g/mol. The molecule has 0 unspecified atom stereocenters. The zero-order valence-corrected chi connectivity index (χ0v) is 19.9. The average Bonchev–Trinajstić information content (AvgIpc) is 3.27. The van der Waals surface area contributed by atoms with E-state index in [4.69, 9.17) is 4.74 Å². The van der Waals surface area contributed by atoms with Crippen LogP contribution in [0, 0.1) is 11.7 Å². The number of urea groups is 1. The summed E-state index contributed by atoms with van der Waals surface area (Å²) in [6.07, 6.45) is 2.17. The minimum absolute atomic E-state index is 0.0446. The summed E-state index contributed by atoms with van der Waals surface area (Å²) < 4.78 is 21.1. The summed E-state index contributed by atoms with van der Waals surface area (Å²) in [5, 5.41) is 20.5. The number of nitrogens with zero attached hydrogens (tertiary/aromatic N) is 5. The average molecular weight is 477 g/mol. The SMILES string of the molecule is C[C@H](CO)N1C[C@H](C)[C@@H](CN(C)C(=O)Nc2ccc(F)cc2)OCc2cnnn2CCCC1=O. The van der Waals surface area contributed by atoms with Gasteiger partial charge in [0.05, 0.1) is 37.3 Å². The quantitative estimate of drug-likeness (QED) is 0.684. The van der Waals surface area contributed by atoms with Gasteiger partial charge in [0.2, 0.25) is 5.91 Å². The van der Waals surface area contributed by atoms with E-state index in [-0.39, 0.29) is 49.5 Å². The second-order valence-electron chi connectivity index (χ2n) is 8.77. The Labute approximate surface area is 198 Å². The Bertz CT molecular complexity index is 953. The van der Waals surface area contributed by atoms with Crippen LogP contribution in [0.15, 0.2) is 30.5 Å². The van der Waals surface area contributed by atoms with Crippen LogP contribution < -0.4 is 5.32 Å². The van der Waals surface area contributed by atoms with Crippen LogP contribution in [-0.2, 0) is 22.7 Å². The standard InChI is InChI=1S/C23H33FN6O4/c1-16-12-29(17(2)14-31)22(32)5-4-10-30-20(11-25-27-30)15-34-21(16)13-28(3)23(33)26-19-8-6-18(24)7-9-19/h6-9,11,16-17,21,31H,4-5,10,12-15H2,1-3H3,(H,26,33)/t16-,17+,21+/m0/s1. The number of benzene rings is 1. The van der Waals surface area contributed by atoms with Gasteiger partial charge in [-0.3, -0.25) is 4.79 Å². The van der Waals surface area contributed by atoms with Gasteiger partial charge >= 0.3 is 6.03 Å². The molecule has 3 amide bonds. The van der Waals surface area contributed by atoms with Crippen molar-refractivity contribution in [2.24, 2.45) is 5.92 Å². The first-order chi connectivity index (χ1) is 16.3. The normalized spacial score (nSPS) is 20.6. The molecule has 1 aliphatic rings. The molecule has 1 aromatic carbocycles. The second kappa shape index (κ2) is 11.9. The molecule has 0 spiro atoms. The number of ether oxygens (including phenoxy) is 1. The molecule has 10 nitrogen and oxygen atoms in total. The molecule has 0 fully saturated rings. The Balaban J connectivity index is 1.76. The summed E-state index contributed by atoms with van der Waals surface area (Å²) in [5.74, 6) is -0.564. The lowest BCUT2D eigenvalue weighted by Gasteiger charge is -2.35. The Morgan fingerprint density at radius 2 is 2.12 bits per heavy atom. The third kappa shape index (κ3) is 6.73. The van der Waals surface area contributed by atoms with Gasteiger partial charge in [0.25, 0.3) is 0 Å². The first-order valence-corrected chi connectivity index (χ1v) is 11.5. The molecule has 0 saturated carbocycles. The topological polar surface area (TPSA) is 113 Å². The molecule has 11 heteroatoms. The predicted octanol–water partition coefficient (Wildman–Crippen LogP) is 2.11. The van der Waals surface area contributed by atoms with Crippen molar-refractivity contribution < 1.29 is 23.8 Å². The van der Waals surface area contributed by atoms with E-state index in [0.717, 1.165) is 5.69 Å². The molecule has 3 atom stereocenters. The fourth-order valence-electron chi connectivity index (χ4n) is 3.85. The Kier molecular flexibility index (Phi) is 8.94. The first-order valence-electron chi connectivity index (χ1n) is 11.5. The molecule has 1 aromatic heterocycles. The van der Waals surface area contributed by atoms with Gasteiger partial charge in [0.15, 0.2) is 0 Å². The summed E-state index contributed by atoms with van der Waals surface area (Å²) in [7, 11) is 1.65. The van der Waals surface area contributed by atoms with Gasteiger partial charge in [-0.1, -0.05) is 12.1 Å². The maximum Gasteiger partial charge on any atom is 0.321 e. The minimum Gasteiger partial charge on any atom is -0.394 e. The number of aryl methyl sites for hydroxylation is 1. The van der Waals surface area contributed by atoms with Crippen LogP contribution in [0.2, 0.25) is 0 Å². The number of aliphatic hydroxyl groups excluding tert-OH is 1. The van der Waals surface area contributed by atoms with Crippen molar-refractivity contribution in [2.75, 3.05) is 32.1 Å². The van der Waals surface area contributed by atoms with Crippen LogP contribution in [-0.4, -0.2) is 80.7 Å². The molecule has 2 aromatic rings. The van der Waals surface area contributed by atoms with E-state index < -0.39 is 6.10 Å². The lowest BCUT2D eigenvalue weighted by Crippen LogP contribution is -2.48. The minimum atomic E-state index is -0.409. The summed E-state index contributed by atoms with van der Waals surface area (Å²) in [6, 6.07) is 4.84. The Morgan fingerprint density at radius 3 is 2.82 bits per heavy atom. The number of aliphatic hydroxyl groups is 1. The number of aromatic nitrogens is 3. The zero-order valence-electron chi connectivity index (χ0n) is 19.9. The number of rotatable bonds is 5.